The van der Waals surface area contributed by atoms with E-state index in [1.807, 2.05) is 19.1 Å². The number of aromatic carboxylic acids is 1. The molecule has 0 spiro atoms. The fourth-order valence-corrected chi connectivity index (χ4v) is 1.36. The molecule has 2 rings (SSSR count). The summed E-state index contributed by atoms with van der Waals surface area (Å²) in [5.41, 5.74) is 1.17. The highest BCUT2D eigenvalue weighted by atomic mass is 16.5. The molecule has 0 aliphatic carbocycles. The normalized spacial score (nSPS) is 9.94. The summed E-state index contributed by atoms with van der Waals surface area (Å²) in [5, 5.41) is 8.97. The summed E-state index contributed by atoms with van der Waals surface area (Å²) in [4.78, 5) is 14.7. The van der Waals surface area contributed by atoms with Gasteiger partial charge in [0.25, 0.3) is 0 Å². The van der Waals surface area contributed by atoms with Crippen molar-refractivity contribution in [3.8, 4) is 11.5 Å². The molecule has 86 valence electrons. The Morgan fingerprint density at radius 2 is 1.94 bits per heavy atom. The SMILES string of the molecule is Cc1ccc(Oc2ccncc2C(=O)O)cc1. The fourth-order valence-electron chi connectivity index (χ4n) is 1.36. The zero-order chi connectivity index (χ0) is 12.3. The monoisotopic (exact) mass is 229 g/mol. The quantitative estimate of drug-likeness (QED) is 0.879. The predicted molar refractivity (Wildman–Crippen MR) is 62.4 cm³/mol. The predicted octanol–water partition coefficient (Wildman–Crippen LogP) is 2.88. The minimum atomic E-state index is -1.06. The Bertz CT molecular complexity index is 535. The number of benzene rings is 1. The van der Waals surface area contributed by atoms with E-state index in [0.29, 0.717) is 5.75 Å². The third kappa shape index (κ3) is 2.60. The first-order valence-corrected chi connectivity index (χ1v) is 5.08. The van der Waals surface area contributed by atoms with Crippen LogP contribution in [0.3, 0.4) is 0 Å². The summed E-state index contributed by atoms with van der Waals surface area (Å²) in [7, 11) is 0. The summed E-state index contributed by atoms with van der Waals surface area (Å²) in [6.07, 6.45) is 2.77. The molecule has 4 heteroatoms. The fraction of sp³-hybridized carbons (Fsp3) is 0.0769. The Balaban J connectivity index is 2.30. The number of ether oxygens (including phenoxy) is 1. The van der Waals surface area contributed by atoms with Crippen LogP contribution in [-0.2, 0) is 0 Å². The van der Waals surface area contributed by atoms with Crippen LogP contribution in [0.15, 0.2) is 42.7 Å². The molecule has 0 aliphatic rings. The zero-order valence-electron chi connectivity index (χ0n) is 9.25. The van der Waals surface area contributed by atoms with Crippen LogP contribution in [0.5, 0.6) is 11.5 Å². The maximum Gasteiger partial charge on any atom is 0.341 e. The molecule has 17 heavy (non-hydrogen) atoms. The van der Waals surface area contributed by atoms with Gasteiger partial charge in [-0.15, -0.1) is 0 Å². The molecule has 0 unspecified atom stereocenters. The number of carboxylic acids is 1. The molecule has 1 aromatic carbocycles. The van der Waals surface area contributed by atoms with Crippen molar-refractivity contribution in [3.05, 3.63) is 53.9 Å². The highest BCUT2D eigenvalue weighted by Crippen LogP contribution is 2.24. The lowest BCUT2D eigenvalue weighted by Gasteiger charge is -2.07. The second-order valence-electron chi connectivity index (χ2n) is 3.59. The number of carbonyl (C=O) groups is 1. The van der Waals surface area contributed by atoms with Crippen LogP contribution in [0.1, 0.15) is 15.9 Å². The van der Waals surface area contributed by atoms with Gasteiger partial charge in [-0.3, -0.25) is 4.98 Å². The molecule has 0 aliphatic heterocycles. The van der Waals surface area contributed by atoms with Crippen LogP contribution < -0.4 is 4.74 Å². The molecule has 0 saturated carbocycles. The lowest BCUT2D eigenvalue weighted by molar-refractivity contribution is 0.0693. The standard InChI is InChI=1S/C13H11NO3/c1-9-2-4-10(5-3-9)17-12-6-7-14-8-11(12)13(15)16/h2-8H,1H3,(H,15,16). The largest absolute Gasteiger partial charge is 0.477 e. The van der Waals surface area contributed by atoms with E-state index in [9.17, 15) is 4.79 Å². The first-order valence-electron chi connectivity index (χ1n) is 5.08. The second-order valence-corrected chi connectivity index (χ2v) is 3.59. The lowest BCUT2D eigenvalue weighted by atomic mass is 10.2. The smallest absolute Gasteiger partial charge is 0.341 e. The Morgan fingerprint density at radius 1 is 1.24 bits per heavy atom. The molecule has 0 amide bonds. The summed E-state index contributed by atoms with van der Waals surface area (Å²) < 4.78 is 5.50. The number of aromatic nitrogens is 1. The van der Waals surface area contributed by atoms with Crippen molar-refractivity contribution in [2.45, 2.75) is 6.92 Å². The third-order valence-electron chi connectivity index (χ3n) is 2.26. The summed E-state index contributed by atoms with van der Waals surface area (Å²) in [5.74, 6) is -0.166. The number of pyridine rings is 1. The van der Waals surface area contributed by atoms with Gasteiger partial charge in [0.1, 0.15) is 17.1 Å². The van der Waals surface area contributed by atoms with Crippen molar-refractivity contribution in [1.29, 1.82) is 0 Å². The number of aryl methyl sites for hydroxylation is 1. The lowest BCUT2D eigenvalue weighted by Crippen LogP contribution is -2.00. The number of carboxylic acid groups (broad SMARTS) is 1. The van der Waals surface area contributed by atoms with E-state index in [1.165, 1.54) is 18.5 Å². The van der Waals surface area contributed by atoms with Gasteiger partial charge in [0.15, 0.2) is 0 Å². The van der Waals surface area contributed by atoms with Gasteiger partial charge in [-0.1, -0.05) is 17.7 Å². The molecule has 0 bridgehead atoms. The van der Waals surface area contributed by atoms with Crippen LogP contribution in [-0.4, -0.2) is 16.1 Å². The van der Waals surface area contributed by atoms with Crippen molar-refractivity contribution in [2.24, 2.45) is 0 Å². The van der Waals surface area contributed by atoms with Gasteiger partial charge in [0, 0.05) is 18.5 Å². The summed E-state index contributed by atoms with van der Waals surface area (Å²) in [6, 6.07) is 8.92. The molecule has 1 heterocycles. The third-order valence-corrected chi connectivity index (χ3v) is 2.26. The van der Waals surface area contributed by atoms with E-state index >= 15 is 0 Å². The minimum Gasteiger partial charge on any atom is -0.477 e. The van der Waals surface area contributed by atoms with E-state index in [-0.39, 0.29) is 11.3 Å². The highest BCUT2D eigenvalue weighted by Gasteiger charge is 2.11. The maximum absolute atomic E-state index is 10.9. The van der Waals surface area contributed by atoms with Gasteiger partial charge < -0.3 is 9.84 Å². The van der Waals surface area contributed by atoms with E-state index in [0.717, 1.165) is 5.56 Å². The van der Waals surface area contributed by atoms with Gasteiger partial charge >= 0.3 is 5.97 Å². The van der Waals surface area contributed by atoms with E-state index in [2.05, 4.69) is 4.98 Å². The van der Waals surface area contributed by atoms with Gasteiger partial charge in [0.05, 0.1) is 0 Å². The van der Waals surface area contributed by atoms with Crippen molar-refractivity contribution in [3.63, 3.8) is 0 Å². The van der Waals surface area contributed by atoms with E-state index in [4.69, 9.17) is 9.84 Å². The first kappa shape index (κ1) is 11.1. The van der Waals surface area contributed by atoms with E-state index < -0.39 is 5.97 Å². The molecular weight excluding hydrogens is 218 g/mol. The Labute approximate surface area is 98.5 Å². The van der Waals surface area contributed by atoms with Crippen LogP contribution >= 0.6 is 0 Å². The highest BCUT2D eigenvalue weighted by molar-refractivity contribution is 5.90. The topological polar surface area (TPSA) is 59.4 Å². The van der Waals surface area contributed by atoms with Crippen LogP contribution in [0, 0.1) is 6.92 Å². The average molecular weight is 229 g/mol. The minimum absolute atomic E-state index is 0.0491. The van der Waals surface area contributed by atoms with Gasteiger partial charge in [-0.2, -0.15) is 0 Å². The maximum atomic E-state index is 10.9. The van der Waals surface area contributed by atoms with Crippen molar-refractivity contribution in [1.82, 2.24) is 4.98 Å². The Morgan fingerprint density at radius 3 is 2.59 bits per heavy atom. The number of rotatable bonds is 3. The van der Waals surface area contributed by atoms with Gasteiger partial charge in [0.2, 0.25) is 0 Å². The van der Waals surface area contributed by atoms with Crippen molar-refractivity contribution in [2.75, 3.05) is 0 Å². The molecular formula is C13H11NO3. The van der Waals surface area contributed by atoms with Crippen LogP contribution in [0.2, 0.25) is 0 Å². The molecule has 2 aromatic rings. The molecule has 0 radical (unpaired) electrons. The van der Waals surface area contributed by atoms with Crippen LogP contribution in [0.4, 0.5) is 0 Å². The number of nitrogens with zero attached hydrogens (tertiary/aromatic N) is 1. The van der Waals surface area contributed by atoms with Crippen molar-refractivity contribution >= 4 is 5.97 Å². The molecule has 0 fully saturated rings. The second kappa shape index (κ2) is 4.65. The molecule has 4 nitrogen and oxygen atoms in total. The van der Waals surface area contributed by atoms with Crippen molar-refractivity contribution < 1.29 is 14.6 Å². The summed E-state index contributed by atoms with van der Waals surface area (Å²) in [6.45, 7) is 1.97. The average Bonchev–Trinajstić information content (AvgIpc) is 2.32. The van der Waals surface area contributed by atoms with Gasteiger partial charge in [-0.25, -0.2) is 4.79 Å². The van der Waals surface area contributed by atoms with E-state index in [1.54, 1.807) is 12.1 Å². The number of hydrogen-bond acceptors (Lipinski definition) is 3. The molecule has 1 N–H and O–H groups in total. The number of hydrogen-bond donors (Lipinski definition) is 1. The molecule has 1 aromatic heterocycles. The zero-order valence-corrected chi connectivity index (χ0v) is 9.25. The Kier molecular flexibility index (Phi) is 3.05. The Hall–Kier alpha value is -2.36. The van der Waals surface area contributed by atoms with Gasteiger partial charge in [-0.05, 0) is 19.1 Å². The molecule has 0 atom stereocenters. The molecule has 0 saturated heterocycles. The first-order chi connectivity index (χ1) is 8.16. The van der Waals surface area contributed by atoms with Crippen LogP contribution in [0.25, 0.3) is 0 Å². The summed E-state index contributed by atoms with van der Waals surface area (Å²) >= 11 is 0.